The highest BCUT2D eigenvalue weighted by Gasteiger charge is 2.31. The number of benzene rings is 1. The zero-order chi connectivity index (χ0) is 16.7. The number of nitrogens with zero attached hydrogens (tertiary/aromatic N) is 2. The van der Waals surface area contributed by atoms with E-state index in [0.717, 1.165) is 16.8 Å². The lowest BCUT2D eigenvalue weighted by Crippen LogP contribution is -2.52. The van der Waals surface area contributed by atoms with Gasteiger partial charge in [-0.05, 0) is 30.0 Å². The maximum absolute atomic E-state index is 12.7. The van der Waals surface area contributed by atoms with E-state index < -0.39 is 0 Å². The molecule has 2 aromatic rings. The second-order valence-corrected chi connectivity index (χ2v) is 6.83. The Balaban J connectivity index is 2.25. The lowest BCUT2D eigenvalue weighted by Gasteiger charge is -2.32. The summed E-state index contributed by atoms with van der Waals surface area (Å²) in [6, 6.07) is 5.69. The summed E-state index contributed by atoms with van der Waals surface area (Å²) in [4.78, 5) is 14.8. The summed E-state index contributed by atoms with van der Waals surface area (Å²) in [6.07, 6.45) is 2.74. The van der Waals surface area contributed by atoms with Crippen molar-refractivity contribution in [3.63, 3.8) is 0 Å². The Morgan fingerprint density at radius 2 is 2.09 bits per heavy atom. The van der Waals surface area contributed by atoms with Crippen LogP contribution in [0.15, 0.2) is 24.4 Å². The molecule has 124 valence electrons. The van der Waals surface area contributed by atoms with Gasteiger partial charge in [0.2, 0.25) is 5.91 Å². The van der Waals surface area contributed by atoms with E-state index in [4.69, 9.17) is 0 Å². The molecule has 2 N–H and O–H groups in total. The van der Waals surface area contributed by atoms with E-state index in [1.54, 1.807) is 0 Å². The van der Waals surface area contributed by atoms with Crippen LogP contribution in [-0.4, -0.2) is 41.3 Å². The zero-order valence-corrected chi connectivity index (χ0v) is 14.2. The van der Waals surface area contributed by atoms with Crippen molar-refractivity contribution in [1.82, 2.24) is 9.88 Å². The van der Waals surface area contributed by atoms with E-state index in [9.17, 15) is 9.90 Å². The standard InChI is InChI=1S/C18H25N3O2/c1-11(2)17-18(23)19-13(10-22)8-12-9-20(3)14-6-5-7-15(16(12)14)21(17)4/h5-7,9,11,13,17,22H,8,10H2,1-4H3,(H,19,23)/t13-,17-/m0/s1. The van der Waals surface area contributed by atoms with Crippen LogP contribution in [0.1, 0.15) is 19.4 Å². The number of aliphatic hydroxyl groups is 1. The first-order chi connectivity index (χ1) is 10.9. The molecule has 1 amide bonds. The number of nitrogens with one attached hydrogen (secondary N) is 1. The van der Waals surface area contributed by atoms with Crippen LogP contribution < -0.4 is 10.2 Å². The van der Waals surface area contributed by atoms with Crippen molar-refractivity contribution in [3.8, 4) is 0 Å². The van der Waals surface area contributed by atoms with Gasteiger partial charge < -0.3 is 19.9 Å². The number of hydrogen-bond acceptors (Lipinski definition) is 3. The van der Waals surface area contributed by atoms with Crippen molar-refractivity contribution in [2.24, 2.45) is 13.0 Å². The molecular formula is C18H25N3O2. The summed E-state index contributed by atoms with van der Waals surface area (Å²) in [7, 11) is 4.02. The molecule has 0 radical (unpaired) electrons. The first-order valence-electron chi connectivity index (χ1n) is 8.15. The number of aliphatic hydroxyl groups excluding tert-OH is 1. The number of anilines is 1. The number of amides is 1. The second-order valence-electron chi connectivity index (χ2n) is 6.83. The Hall–Kier alpha value is -2.01. The van der Waals surface area contributed by atoms with Crippen molar-refractivity contribution < 1.29 is 9.90 Å². The molecule has 1 aliphatic heterocycles. The van der Waals surface area contributed by atoms with Crippen molar-refractivity contribution in [1.29, 1.82) is 0 Å². The van der Waals surface area contributed by atoms with Crippen LogP contribution >= 0.6 is 0 Å². The number of aromatic nitrogens is 1. The molecule has 3 rings (SSSR count). The van der Waals surface area contributed by atoms with Gasteiger partial charge in [-0.2, -0.15) is 0 Å². The highest BCUT2D eigenvalue weighted by molar-refractivity contribution is 5.98. The third-order valence-electron chi connectivity index (χ3n) is 4.80. The summed E-state index contributed by atoms with van der Waals surface area (Å²) in [5, 5.41) is 13.9. The zero-order valence-electron chi connectivity index (χ0n) is 14.2. The second kappa shape index (κ2) is 5.89. The predicted molar refractivity (Wildman–Crippen MR) is 92.7 cm³/mol. The van der Waals surface area contributed by atoms with Crippen LogP contribution in [0.5, 0.6) is 0 Å². The Labute approximate surface area is 136 Å². The van der Waals surface area contributed by atoms with E-state index >= 15 is 0 Å². The molecule has 0 bridgehead atoms. The molecule has 2 atom stereocenters. The molecule has 1 aromatic carbocycles. The predicted octanol–water partition coefficient (Wildman–Crippen LogP) is 1.67. The van der Waals surface area contributed by atoms with E-state index in [0.29, 0.717) is 6.42 Å². The fourth-order valence-electron chi connectivity index (χ4n) is 3.76. The number of carbonyl (C=O) groups is 1. The average molecular weight is 315 g/mol. The van der Waals surface area contributed by atoms with Crippen LogP contribution in [0.25, 0.3) is 10.9 Å². The number of likely N-dealkylation sites (N-methyl/N-ethyl adjacent to an activating group) is 1. The molecule has 1 aromatic heterocycles. The van der Waals surface area contributed by atoms with Gasteiger partial charge in [-0.15, -0.1) is 0 Å². The van der Waals surface area contributed by atoms with E-state index in [1.807, 2.05) is 20.2 Å². The van der Waals surface area contributed by atoms with Gasteiger partial charge in [0.25, 0.3) is 0 Å². The molecule has 0 saturated heterocycles. The maximum atomic E-state index is 12.7. The molecular weight excluding hydrogens is 290 g/mol. The molecule has 0 spiro atoms. The van der Waals surface area contributed by atoms with Crippen molar-refractivity contribution in [2.45, 2.75) is 32.4 Å². The van der Waals surface area contributed by atoms with Gasteiger partial charge in [0.05, 0.1) is 18.2 Å². The fraction of sp³-hybridized carbons (Fsp3) is 0.500. The molecule has 5 heteroatoms. The molecule has 23 heavy (non-hydrogen) atoms. The van der Waals surface area contributed by atoms with Crippen LogP contribution in [-0.2, 0) is 18.3 Å². The first-order valence-corrected chi connectivity index (χ1v) is 8.15. The molecule has 0 fully saturated rings. The van der Waals surface area contributed by atoms with Crippen molar-refractivity contribution >= 4 is 22.5 Å². The van der Waals surface area contributed by atoms with Gasteiger partial charge in [0, 0.05) is 31.4 Å². The minimum absolute atomic E-state index is 0.0203. The molecule has 0 unspecified atom stereocenters. The highest BCUT2D eigenvalue weighted by Crippen LogP contribution is 2.34. The average Bonchev–Trinajstić information content (AvgIpc) is 2.83. The quantitative estimate of drug-likeness (QED) is 0.886. The molecule has 5 nitrogen and oxygen atoms in total. The monoisotopic (exact) mass is 315 g/mol. The maximum Gasteiger partial charge on any atom is 0.243 e. The van der Waals surface area contributed by atoms with Crippen molar-refractivity contribution in [3.05, 3.63) is 30.0 Å². The molecule has 1 aliphatic rings. The number of carbonyl (C=O) groups excluding carboxylic acids is 1. The van der Waals surface area contributed by atoms with Gasteiger partial charge in [0.15, 0.2) is 0 Å². The summed E-state index contributed by atoms with van der Waals surface area (Å²) in [5.74, 6) is 0.146. The van der Waals surface area contributed by atoms with Gasteiger partial charge in [0.1, 0.15) is 6.04 Å². The summed E-state index contributed by atoms with van der Waals surface area (Å²) in [6.45, 7) is 4.05. The SMILES string of the molecule is CC(C)[C@H]1C(=O)N[C@H](CO)Cc2cn(C)c3cccc(c23)N1C. The normalized spacial score (nSPS) is 22.0. The lowest BCUT2D eigenvalue weighted by atomic mass is 10.0. The van der Waals surface area contributed by atoms with E-state index in [2.05, 4.69) is 47.0 Å². The van der Waals surface area contributed by atoms with Crippen LogP contribution in [0.3, 0.4) is 0 Å². The van der Waals surface area contributed by atoms with E-state index in [1.165, 1.54) is 5.39 Å². The largest absolute Gasteiger partial charge is 0.394 e. The molecule has 2 heterocycles. The van der Waals surface area contributed by atoms with Gasteiger partial charge in [-0.1, -0.05) is 19.9 Å². The third kappa shape index (κ3) is 2.59. The Kier molecular flexibility index (Phi) is 4.06. The van der Waals surface area contributed by atoms with Gasteiger partial charge in [-0.25, -0.2) is 0 Å². The van der Waals surface area contributed by atoms with Gasteiger partial charge in [-0.3, -0.25) is 4.79 Å². The third-order valence-corrected chi connectivity index (χ3v) is 4.80. The minimum atomic E-state index is -0.263. The Morgan fingerprint density at radius 3 is 2.74 bits per heavy atom. The lowest BCUT2D eigenvalue weighted by molar-refractivity contribution is -0.124. The Bertz CT molecular complexity index is 735. The summed E-state index contributed by atoms with van der Waals surface area (Å²) in [5.41, 5.74) is 3.39. The minimum Gasteiger partial charge on any atom is -0.394 e. The molecule has 0 saturated carbocycles. The van der Waals surface area contributed by atoms with Gasteiger partial charge >= 0.3 is 0 Å². The fourth-order valence-corrected chi connectivity index (χ4v) is 3.76. The molecule has 0 aliphatic carbocycles. The van der Waals surface area contributed by atoms with Crippen LogP contribution in [0.2, 0.25) is 0 Å². The number of hydrogen-bond donors (Lipinski definition) is 2. The topological polar surface area (TPSA) is 57.5 Å². The number of rotatable bonds is 2. The Morgan fingerprint density at radius 1 is 1.35 bits per heavy atom. The first kappa shape index (κ1) is 15.9. The van der Waals surface area contributed by atoms with Crippen LogP contribution in [0.4, 0.5) is 5.69 Å². The summed E-state index contributed by atoms with van der Waals surface area (Å²) < 4.78 is 2.12. The van der Waals surface area contributed by atoms with Crippen LogP contribution in [0, 0.1) is 5.92 Å². The number of aryl methyl sites for hydroxylation is 1. The highest BCUT2D eigenvalue weighted by atomic mass is 16.3. The van der Waals surface area contributed by atoms with Crippen molar-refractivity contribution in [2.75, 3.05) is 18.6 Å². The summed E-state index contributed by atoms with van der Waals surface area (Å²) >= 11 is 0. The van der Waals surface area contributed by atoms with E-state index in [-0.39, 0.29) is 30.5 Å². The smallest absolute Gasteiger partial charge is 0.243 e.